The maximum atomic E-state index is 12.0. The number of aromatic amines is 1. The molecule has 0 aliphatic rings. The number of carbonyl (C=O) groups excluding carboxylic acids is 1. The lowest BCUT2D eigenvalue weighted by Crippen LogP contribution is -2.26. The molecule has 0 atom stereocenters. The van der Waals surface area contributed by atoms with E-state index in [1.54, 1.807) is 30.5 Å². The summed E-state index contributed by atoms with van der Waals surface area (Å²) >= 11 is 8.17. The number of aromatic nitrogens is 2. The molecule has 0 unspecified atom stereocenters. The van der Waals surface area contributed by atoms with Gasteiger partial charge < -0.3 is 19.3 Å². The average molecular weight is 380 g/mol. The number of hydrogen-bond donors (Lipinski definition) is 2. The van der Waals surface area contributed by atoms with Crippen molar-refractivity contribution in [1.29, 1.82) is 0 Å². The number of nitrogens with one attached hydrogen (secondary N) is 2. The molecule has 6 nitrogen and oxygen atoms in total. The van der Waals surface area contributed by atoms with Crippen LogP contribution in [0.2, 0.25) is 0 Å². The zero-order chi connectivity index (χ0) is 15.7. The lowest BCUT2D eigenvalue weighted by Gasteiger charge is -2.07. The largest absolute Gasteiger partial charge is 0.429 e. The first-order valence-electron chi connectivity index (χ1n) is 6.30. The van der Waals surface area contributed by atoms with Gasteiger partial charge in [-0.05, 0) is 46.3 Å². The second-order valence-corrected chi connectivity index (χ2v) is 5.87. The summed E-state index contributed by atoms with van der Waals surface area (Å²) in [7, 11) is 0. The Bertz CT molecular complexity index is 973. The van der Waals surface area contributed by atoms with Crippen molar-refractivity contribution in [3.8, 4) is 0 Å². The number of pyridine rings is 1. The number of H-pyrrole nitrogens is 1. The van der Waals surface area contributed by atoms with Gasteiger partial charge in [0.05, 0.1) is 5.52 Å². The Labute approximate surface area is 137 Å². The Hall–Kier alpha value is -2.19. The molecule has 0 radical (unpaired) electrons. The number of nitrogens with zero attached hydrogens (tertiary/aromatic N) is 1. The lowest BCUT2D eigenvalue weighted by atomic mass is 10.3. The van der Waals surface area contributed by atoms with Crippen LogP contribution in [0.4, 0.5) is 5.69 Å². The van der Waals surface area contributed by atoms with Crippen molar-refractivity contribution in [2.24, 2.45) is 0 Å². The van der Waals surface area contributed by atoms with E-state index >= 15 is 0 Å². The van der Waals surface area contributed by atoms with Crippen molar-refractivity contribution in [2.45, 2.75) is 6.54 Å². The number of benzene rings is 1. The van der Waals surface area contributed by atoms with Crippen molar-refractivity contribution in [2.75, 3.05) is 5.32 Å². The number of anilines is 1. The van der Waals surface area contributed by atoms with E-state index < -0.39 is 0 Å². The third-order valence-electron chi connectivity index (χ3n) is 2.97. The van der Waals surface area contributed by atoms with E-state index in [1.807, 2.05) is 0 Å². The highest BCUT2D eigenvalue weighted by Gasteiger charge is 2.07. The topological polar surface area (TPSA) is 80.0 Å². The highest BCUT2D eigenvalue weighted by molar-refractivity contribution is 9.10. The highest BCUT2D eigenvalue weighted by Crippen LogP contribution is 2.18. The molecule has 3 aromatic rings. The molecule has 0 fully saturated rings. The van der Waals surface area contributed by atoms with E-state index in [0.717, 1.165) is 9.99 Å². The van der Waals surface area contributed by atoms with E-state index in [1.165, 1.54) is 10.6 Å². The van der Waals surface area contributed by atoms with E-state index in [-0.39, 0.29) is 22.8 Å². The fourth-order valence-electron chi connectivity index (χ4n) is 2.00. The third kappa shape index (κ3) is 3.18. The number of hydrogen-bond acceptors (Lipinski definition) is 4. The Morgan fingerprint density at radius 2 is 2.18 bits per heavy atom. The van der Waals surface area contributed by atoms with Crippen LogP contribution in [0.5, 0.6) is 0 Å². The van der Waals surface area contributed by atoms with Crippen LogP contribution in [-0.2, 0) is 11.3 Å². The van der Waals surface area contributed by atoms with Gasteiger partial charge in [-0.3, -0.25) is 9.59 Å². The van der Waals surface area contributed by atoms with E-state index in [4.69, 9.17) is 16.6 Å². The van der Waals surface area contributed by atoms with E-state index in [9.17, 15) is 9.59 Å². The Morgan fingerprint density at radius 1 is 1.36 bits per heavy atom. The van der Waals surface area contributed by atoms with Gasteiger partial charge in [-0.15, -0.1) is 0 Å². The molecule has 8 heteroatoms. The molecule has 2 heterocycles. The van der Waals surface area contributed by atoms with Crippen molar-refractivity contribution in [3.05, 3.63) is 56.2 Å². The molecule has 2 N–H and O–H groups in total. The molecule has 3 rings (SSSR count). The minimum Gasteiger partial charge on any atom is -0.429 e. The van der Waals surface area contributed by atoms with Crippen LogP contribution in [0.1, 0.15) is 0 Å². The summed E-state index contributed by atoms with van der Waals surface area (Å²) in [6, 6.07) is 8.18. The zero-order valence-corrected chi connectivity index (χ0v) is 13.5. The van der Waals surface area contributed by atoms with Gasteiger partial charge in [-0.1, -0.05) is 0 Å². The molecule has 0 saturated heterocycles. The molecule has 1 amide bonds. The fourth-order valence-corrected chi connectivity index (χ4v) is 2.58. The number of amides is 1. The molecule has 0 aliphatic heterocycles. The number of carbonyl (C=O) groups is 1. The number of halogens is 1. The van der Waals surface area contributed by atoms with E-state index in [0.29, 0.717) is 11.3 Å². The Morgan fingerprint density at radius 3 is 3.00 bits per heavy atom. The van der Waals surface area contributed by atoms with E-state index in [2.05, 4.69) is 26.2 Å². The van der Waals surface area contributed by atoms with Gasteiger partial charge in [0.25, 0.3) is 10.4 Å². The molecule has 112 valence electrons. The van der Waals surface area contributed by atoms with Crippen LogP contribution in [0.25, 0.3) is 11.1 Å². The van der Waals surface area contributed by atoms with Gasteiger partial charge in [0.2, 0.25) is 5.91 Å². The SMILES string of the molecule is O=C(Cn1cc(Br)ccc1=O)Nc1ccc2[nH]c(=S)oc2c1. The van der Waals surface area contributed by atoms with Crippen LogP contribution in [0.15, 0.2) is 50.2 Å². The summed E-state index contributed by atoms with van der Waals surface area (Å²) in [5, 5.41) is 2.72. The molecule has 2 aromatic heterocycles. The summed E-state index contributed by atoms with van der Waals surface area (Å²) in [5.41, 5.74) is 1.64. The monoisotopic (exact) mass is 379 g/mol. The number of rotatable bonds is 3. The molecule has 22 heavy (non-hydrogen) atoms. The molecule has 0 spiro atoms. The highest BCUT2D eigenvalue weighted by atomic mass is 79.9. The molecular formula is C14H10BrN3O3S. The second-order valence-electron chi connectivity index (χ2n) is 4.59. The summed E-state index contributed by atoms with van der Waals surface area (Å²) in [6.45, 7) is -0.0765. The normalized spacial score (nSPS) is 10.8. The first-order chi connectivity index (χ1) is 10.5. The summed E-state index contributed by atoms with van der Waals surface area (Å²) in [5.74, 6) is -0.311. The van der Waals surface area contributed by atoms with Gasteiger partial charge in [0.15, 0.2) is 5.58 Å². The van der Waals surface area contributed by atoms with Gasteiger partial charge in [0, 0.05) is 28.5 Å². The summed E-state index contributed by atoms with van der Waals surface area (Å²) < 4.78 is 7.34. The smallest absolute Gasteiger partial charge is 0.266 e. The quantitative estimate of drug-likeness (QED) is 0.685. The maximum Gasteiger partial charge on any atom is 0.266 e. The Balaban J connectivity index is 1.79. The van der Waals surface area contributed by atoms with Crippen molar-refractivity contribution < 1.29 is 9.21 Å². The first kappa shape index (κ1) is 14.7. The molecule has 0 saturated carbocycles. The minimum atomic E-state index is -0.311. The van der Waals surface area contributed by atoms with Gasteiger partial charge in [0.1, 0.15) is 6.54 Å². The molecule has 1 aromatic carbocycles. The summed E-state index contributed by atoms with van der Waals surface area (Å²) in [6.07, 6.45) is 1.57. The maximum absolute atomic E-state index is 12.0. The van der Waals surface area contributed by atoms with Crippen LogP contribution in [0.3, 0.4) is 0 Å². The zero-order valence-electron chi connectivity index (χ0n) is 11.1. The predicted molar refractivity (Wildman–Crippen MR) is 88.4 cm³/mol. The average Bonchev–Trinajstić information content (AvgIpc) is 2.82. The van der Waals surface area contributed by atoms with Crippen molar-refractivity contribution >= 4 is 50.8 Å². The molecule has 0 aliphatic carbocycles. The number of fused-ring (bicyclic) bond motifs is 1. The summed E-state index contributed by atoms with van der Waals surface area (Å²) in [4.78, 5) is 26.9. The predicted octanol–water partition coefficient (Wildman–Crippen LogP) is 3.05. The number of oxazole rings is 1. The van der Waals surface area contributed by atoms with Gasteiger partial charge in [-0.2, -0.15) is 0 Å². The standard InChI is InChI=1S/C14H10BrN3O3S/c15-8-1-4-13(20)18(6-8)7-12(19)16-9-2-3-10-11(5-9)21-14(22)17-10/h1-6H,7H2,(H,16,19)(H,17,22). The first-order valence-corrected chi connectivity index (χ1v) is 7.50. The van der Waals surface area contributed by atoms with Crippen LogP contribution >= 0.6 is 28.1 Å². The van der Waals surface area contributed by atoms with Crippen LogP contribution in [-0.4, -0.2) is 15.5 Å². The van der Waals surface area contributed by atoms with Gasteiger partial charge >= 0.3 is 0 Å². The second kappa shape index (κ2) is 5.90. The Kier molecular flexibility index (Phi) is 3.95. The third-order valence-corrected chi connectivity index (χ3v) is 3.62. The van der Waals surface area contributed by atoms with Crippen molar-refractivity contribution in [3.63, 3.8) is 0 Å². The molecular weight excluding hydrogens is 370 g/mol. The van der Waals surface area contributed by atoms with Gasteiger partial charge in [-0.25, -0.2) is 0 Å². The molecule has 0 bridgehead atoms. The van der Waals surface area contributed by atoms with Crippen molar-refractivity contribution in [1.82, 2.24) is 9.55 Å². The minimum absolute atomic E-state index is 0.0765. The van der Waals surface area contributed by atoms with Crippen LogP contribution in [0, 0.1) is 4.84 Å². The lowest BCUT2D eigenvalue weighted by molar-refractivity contribution is -0.116. The van der Waals surface area contributed by atoms with Crippen LogP contribution < -0.4 is 10.9 Å². The fraction of sp³-hybridized carbons (Fsp3) is 0.0714.